The van der Waals surface area contributed by atoms with E-state index >= 15 is 0 Å². The normalized spacial score (nSPS) is 19.4. The first kappa shape index (κ1) is 12.3. The molecule has 0 bridgehead atoms. The van der Waals surface area contributed by atoms with E-state index in [1.54, 1.807) is 0 Å². The third kappa shape index (κ3) is 2.14. The number of fused-ring (bicyclic) bond motifs is 2. The van der Waals surface area contributed by atoms with Crippen molar-refractivity contribution in [3.8, 4) is 5.75 Å². The molecule has 1 amide bonds. The topological polar surface area (TPSA) is 50.7 Å². The van der Waals surface area contributed by atoms with Crippen molar-refractivity contribution in [2.45, 2.75) is 0 Å². The van der Waals surface area contributed by atoms with E-state index in [4.69, 9.17) is 4.74 Å². The zero-order chi connectivity index (χ0) is 14.2. The van der Waals surface area contributed by atoms with E-state index < -0.39 is 8.22 Å². The lowest BCUT2D eigenvalue weighted by atomic mass is 10.1. The number of hydrogen-bond donors (Lipinski definition) is 1. The lowest BCUT2D eigenvalue weighted by Gasteiger charge is -2.26. The molecule has 21 heavy (non-hydrogen) atoms. The van der Waals surface area contributed by atoms with E-state index in [2.05, 4.69) is 9.85 Å². The Morgan fingerprint density at radius 2 is 1.76 bits per heavy atom. The second-order valence-electron chi connectivity index (χ2n) is 4.69. The minimum atomic E-state index is -1.12. The smallest absolute Gasteiger partial charge is 0.261 e. The maximum Gasteiger partial charge on any atom is 0.261 e. The summed E-state index contributed by atoms with van der Waals surface area (Å²) in [6.45, 7) is 0. The summed E-state index contributed by atoms with van der Waals surface area (Å²) in [5, 5.41) is 3.95. The predicted molar refractivity (Wildman–Crippen MR) is 83.6 cm³/mol. The molecule has 0 saturated carbocycles. The third-order valence-electron chi connectivity index (χ3n) is 3.30. The Balaban J connectivity index is 1.78. The van der Waals surface area contributed by atoms with Crippen LogP contribution in [0.1, 0.15) is 5.56 Å². The highest BCUT2D eigenvalue weighted by Gasteiger charge is 2.31. The van der Waals surface area contributed by atoms with Crippen LogP contribution in [0, 0.1) is 0 Å². The molecular formula is C16H11N2O2P. The summed E-state index contributed by atoms with van der Waals surface area (Å²) < 4.78 is 10.4. The summed E-state index contributed by atoms with van der Waals surface area (Å²) >= 11 is 0. The predicted octanol–water partition coefficient (Wildman–Crippen LogP) is 2.63. The van der Waals surface area contributed by atoms with Gasteiger partial charge in [0.2, 0.25) is 5.90 Å². The van der Waals surface area contributed by atoms with Gasteiger partial charge in [0.05, 0.1) is 0 Å². The number of nitrogens with zero attached hydrogens (tertiary/aromatic N) is 1. The molecule has 2 aromatic rings. The zero-order valence-electron chi connectivity index (χ0n) is 11.0. The van der Waals surface area contributed by atoms with Crippen LogP contribution in [-0.2, 0) is 4.79 Å². The molecule has 0 fully saturated rings. The average Bonchev–Trinajstić information content (AvgIpc) is 2.54. The number of para-hydroxylation sites is 1. The Morgan fingerprint density at radius 3 is 2.62 bits per heavy atom. The van der Waals surface area contributed by atoms with Gasteiger partial charge in [-0.3, -0.25) is 4.79 Å². The van der Waals surface area contributed by atoms with E-state index in [1.165, 1.54) is 0 Å². The average molecular weight is 294 g/mol. The van der Waals surface area contributed by atoms with Crippen LogP contribution in [0.15, 0.2) is 64.9 Å². The summed E-state index contributed by atoms with van der Waals surface area (Å²) in [5.41, 5.74) is 1.39. The fourth-order valence-electron chi connectivity index (χ4n) is 2.27. The Hall–Kier alpha value is -2.45. The maximum absolute atomic E-state index is 12.3. The van der Waals surface area contributed by atoms with E-state index in [-0.39, 0.29) is 5.91 Å². The quantitative estimate of drug-likeness (QED) is 0.822. The number of carbonyl (C=O) groups excluding carboxylic acids is 1. The monoisotopic (exact) mass is 294 g/mol. The van der Waals surface area contributed by atoms with Crippen molar-refractivity contribution in [1.29, 1.82) is 0 Å². The highest BCUT2D eigenvalue weighted by atomic mass is 31.1. The Kier molecular flexibility index (Phi) is 2.83. The zero-order valence-corrected chi connectivity index (χ0v) is 11.9. The molecule has 0 saturated heterocycles. The van der Waals surface area contributed by atoms with Crippen LogP contribution < -0.4 is 15.1 Å². The highest BCUT2D eigenvalue weighted by Crippen LogP contribution is 2.39. The summed E-state index contributed by atoms with van der Waals surface area (Å²) in [6, 6.07) is 17.3. The number of ether oxygens (including phenoxy) is 1. The van der Waals surface area contributed by atoms with Crippen molar-refractivity contribution in [3.63, 3.8) is 0 Å². The van der Waals surface area contributed by atoms with Crippen LogP contribution in [0.2, 0.25) is 0 Å². The van der Waals surface area contributed by atoms with E-state index in [1.807, 2.05) is 60.7 Å². The lowest BCUT2D eigenvalue weighted by Crippen LogP contribution is -2.35. The Labute approximate surface area is 123 Å². The van der Waals surface area contributed by atoms with Gasteiger partial charge in [-0.25, -0.2) is 0 Å². The van der Waals surface area contributed by atoms with Crippen LogP contribution in [-0.4, -0.2) is 11.8 Å². The van der Waals surface area contributed by atoms with Gasteiger partial charge in [-0.2, -0.15) is 4.76 Å². The minimum absolute atomic E-state index is 0.135. The van der Waals surface area contributed by atoms with E-state index in [0.29, 0.717) is 11.5 Å². The molecule has 102 valence electrons. The number of nitrogens with one attached hydrogen (secondary N) is 1. The molecule has 1 atom stereocenters. The fourth-order valence-corrected chi connectivity index (χ4v) is 3.66. The maximum atomic E-state index is 12.3. The van der Waals surface area contributed by atoms with Gasteiger partial charge < -0.3 is 9.82 Å². The third-order valence-corrected chi connectivity index (χ3v) is 4.88. The second-order valence-corrected chi connectivity index (χ2v) is 6.25. The molecule has 4 nitrogen and oxygen atoms in total. The van der Waals surface area contributed by atoms with Gasteiger partial charge >= 0.3 is 0 Å². The largest absolute Gasteiger partial charge is 0.438 e. The van der Waals surface area contributed by atoms with Crippen molar-refractivity contribution in [2.24, 2.45) is 4.76 Å². The van der Waals surface area contributed by atoms with Crippen LogP contribution in [0.3, 0.4) is 0 Å². The van der Waals surface area contributed by atoms with Crippen LogP contribution in [0.25, 0.3) is 6.08 Å². The Bertz CT molecular complexity index is 784. The van der Waals surface area contributed by atoms with E-state index in [9.17, 15) is 4.79 Å². The first-order valence-corrected chi connectivity index (χ1v) is 7.84. The molecule has 0 aliphatic carbocycles. The lowest BCUT2D eigenvalue weighted by molar-refractivity contribution is -0.115. The number of amides is 1. The minimum Gasteiger partial charge on any atom is -0.438 e. The van der Waals surface area contributed by atoms with Crippen LogP contribution >= 0.6 is 8.22 Å². The van der Waals surface area contributed by atoms with Crippen molar-refractivity contribution >= 4 is 31.4 Å². The molecule has 0 spiro atoms. The molecule has 2 heterocycles. The van der Waals surface area contributed by atoms with Crippen LogP contribution in [0.5, 0.6) is 5.75 Å². The summed E-state index contributed by atoms with van der Waals surface area (Å²) in [5.74, 6) is 1.01. The first-order chi connectivity index (χ1) is 10.3. The number of rotatable bonds is 1. The van der Waals surface area contributed by atoms with Gasteiger partial charge in [0.25, 0.3) is 5.91 Å². The molecule has 0 radical (unpaired) electrons. The SMILES string of the molecule is O=C1NP(c2ccccc2)N=C2Oc3ccccc3C=C12. The van der Waals surface area contributed by atoms with Crippen molar-refractivity contribution in [3.05, 3.63) is 65.7 Å². The Morgan fingerprint density at radius 1 is 1.00 bits per heavy atom. The van der Waals surface area contributed by atoms with E-state index in [0.717, 1.165) is 16.6 Å². The molecule has 4 rings (SSSR count). The molecule has 0 aromatic heterocycles. The number of carbonyl (C=O) groups is 1. The molecule has 2 aliphatic rings. The van der Waals surface area contributed by atoms with Gasteiger partial charge in [-0.15, -0.1) is 0 Å². The van der Waals surface area contributed by atoms with Crippen molar-refractivity contribution < 1.29 is 9.53 Å². The number of hydrogen-bond acceptors (Lipinski definition) is 3. The second kappa shape index (κ2) is 4.83. The fraction of sp³-hybridized carbons (Fsp3) is 0. The molecule has 2 aliphatic heterocycles. The van der Waals surface area contributed by atoms with Crippen LogP contribution in [0.4, 0.5) is 0 Å². The van der Waals surface area contributed by atoms with Gasteiger partial charge in [0.15, 0.2) is 8.22 Å². The number of benzene rings is 2. The molecule has 2 aromatic carbocycles. The van der Waals surface area contributed by atoms with Gasteiger partial charge in [-0.05, 0) is 12.1 Å². The molecule has 1 N–H and O–H groups in total. The highest BCUT2D eigenvalue weighted by molar-refractivity contribution is 7.63. The first-order valence-electron chi connectivity index (χ1n) is 6.55. The summed E-state index contributed by atoms with van der Waals surface area (Å²) in [4.78, 5) is 12.3. The molecular weight excluding hydrogens is 283 g/mol. The van der Waals surface area contributed by atoms with Crippen molar-refractivity contribution in [1.82, 2.24) is 5.09 Å². The summed E-state index contributed by atoms with van der Waals surface area (Å²) in [6.07, 6.45) is 1.82. The molecule has 1 unspecified atom stereocenters. The standard InChI is InChI=1S/C16H11N2O2P/c19-15-13-10-11-6-4-5-9-14(11)20-16(13)18-21(17-15)12-7-2-1-3-8-12/h1-10H,(H,17,19). The van der Waals surface area contributed by atoms with Gasteiger partial charge in [-0.1, -0.05) is 48.5 Å². The summed E-state index contributed by atoms with van der Waals surface area (Å²) in [7, 11) is -1.12. The van der Waals surface area contributed by atoms with Gasteiger partial charge in [0.1, 0.15) is 11.3 Å². The molecule has 5 heteroatoms. The van der Waals surface area contributed by atoms with Gasteiger partial charge in [0, 0.05) is 10.9 Å². The van der Waals surface area contributed by atoms with Crippen molar-refractivity contribution in [2.75, 3.05) is 0 Å².